The van der Waals surface area contributed by atoms with Gasteiger partial charge in [-0.2, -0.15) is 0 Å². The molecule has 1 aliphatic rings. The van der Waals surface area contributed by atoms with Gasteiger partial charge in [0.15, 0.2) is 0 Å². The molecule has 1 aromatic rings. The summed E-state index contributed by atoms with van der Waals surface area (Å²) in [5.41, 5.74) is 3.15. The summed E-state index contributed by atoms with van der Waals surface area (Å²) in [6, 6.07) is 0.696. The van der Waals surface area contributed by atoms with E-state index in [4.69, 9.17) is 0 Å². The van der Waals surface area contributed by atoms with Gasteiger partial charge in [-0.05, 0) is 52.1 Å². The van der Waals surface area contributed by atoms with E-state index in [-0.39, 0.29) is 0 Å². The molecule has 19 heavy (non-hydrogen) atoms. The van der Waals surface area contributed by atoms with Crippen LogP contribution in [0.5, 0.6) is 0 Å². The summed E-state index contributed by atoms with van der Waals surface area (Å²) in [7, 11) is 4.35. The van der Waals surface area contributed by atoms with E-state index in [0.717, 1.165) is 18.4 Å². The first kappa shape index (κ1) is 14.9. The Morgan fingerprint density at radius 1 is 1.47 bits per heavy atom. The quantitative estimate of drug-likeness (QED) is 0.899. The number of aryl methyl sites for hydroxylation is 1. The highest BCUT2D eigenvalue weighted by atomic mass is 32.1. The van der Waals surface area contributed by atoms with Gasteiger partial charge in [0, 0.05) is 24.0 Å². The minimum absolute atomic E-state index is 0.696. The average Bonchev–Trinajstić information content (AvgIpc) is 2.75. The molecule has 3 unspecified atom stereocenters. The Bertz CT molecular complexity index is 390. The predicted octanol–water partition coefficient (Wildman–Crippen LogP) is 2.91. The molecule has 1 aliphatic carbocycles. The molecular formula is C15H27N3S. The van der Waals surface area contributed by atoms with Crippen LogP contribution in [0.4, 0.5) is 0 Å². The summed E-state index contributed by atoms with van der Waals surface area (Å²) in [4.78, 5) is 8.21. The van der Waals surface area contributed by atoms with Crippen molar-refractivity contribution in [2.45, 2.75) is 45.7 Å². The normalized spacial score (nSPS) is 27.9. The fourth-order valence-corrected chi connectivity index (χ4v) is 4.12. The molecule has 0 radical (unpaired) electrons. The van der Waals surface area contributed by atoms with Gasteiger partial charge in [0.1, 0.15) is 0 Å². The lowest BCUT2D eigenvalue weighted by Crippen LogP contribution is -2.43. The smallest absolute Gasteiger partial charge is 0.0798 e. The fourth-order valence-electron chi connectivity index (χ4n) is 3.27. The van der Waals surface area contributed by atoms with Crippen molar-refractivity contribution in [3.05, 3.63) is 16.1 Å². The number of hydrogen-bond acceptors (Lipinski definition) is 4. The topological polar surface area (TPSA) is 28.2 Å². The second-order valence-corrected chi connectivity index (χ2v) is 7.07. The molecule has 3 atom stereocenters. The molecule has 0 saturated heterocycles. The molecule has 1 aromatic heterocycles. The molecule has 0 bridgehead atoms. The first-order valence-electron chi connectivity index (χ1n) is 7.35. The Labute approximate surface area is 121 Å². The lowest BCUT2D eigenvalue weighted by Gasteiger charge is -2.37. The highest BCUT2D eigenvalue weighted by Gasteiger charge is 2.28. The van der Waals surface area contributed by atoms with Crippen LogP contribution in [0.25, 0.3) is 0 Å². The van der Waals surface area contributed by atoms with Gasteiger partial charge in [-0.1, -0.05) is 6.92 Å². The molecule has 1 fully saturated rings. The molecule has 1 N–H and O–H groups in total. The van der Waals surface area contributed by atoms with Gasteiger partial charge < -0.3 is 10.2 Å². The van der Waals surface area contributed by atoms with Crippen LogP contribution in [-0.2, 0) is 6.54 Å². The maximum atomic E-state index is 4.34. The van der Waals surface area contributed by atoms with Crippen molar-refractivity contribution >= 4 is 11.3 Å². The summed E-state index contributed by atoms with van der Waals surface area (Å²) in [6.07, 6.45) is 4.06. The second kappa shape index (κ2) is 6.82. The van der Waals surface area contributed by atoms with E-state index in [2.05, 4.69) is 43.1 Å². The number of thiazole rings is 1. The lowest BCUT2D eigenvalue weighted by atomic mass is 9.78. The summed E-state index contributed by atoms with van der Waals surface area (Å²) in [5.74, 6) is 1.67. The van der Waals surface area contributed by atoms with Crippen LogP contribution in [0.3, 0.4) is 0 Å². The molecule has 0 spiro atoms. The molecule has 108 valence electrons. The lowest BCUT2D eigenvalue weighted by molar-refractivity contribution is 0.162. The predicted molar refractivity (Wildman–Crippen MR) is 82.5 cm³/mol. The van der Waals surface area contributed by atoms with Crippen LogP contribution in [0.15, 0.2) is 5.51 Å². The van der Waals surface area contributed by atoms with Crippen LogP contribution < -0.4 is 5.32 Å². The Balaban J connectivity index is 1.89. The van der Waals surface area contributed by atoms with E-state index in [9.17, 15) is 0 Å². The molecule has 2 rings (SSSR count). The van der Waals surface area contributed by atoms with E-state index >= 15 is 0 Å². The van der Waals surface area contributed by atoms with Crippen LogP contribution in [0.2, 0.25) is 0 Å². The average molecular weight is 281 g/mol. The van der Waals surface area contributed by atoms with Gasteiger partial charge in [-0.15, -0.1) is 11.3 Å². The number of rotatable bonds is 5. The van der Waals surface area contributed by atoms with Gasteiger partial charge in [-0.3, -0.25) is 0 Å². The summed E-state index contributed by atoms with van der Waals surface area (Å²) >= 11 is 1.78. The minimum atomic E-state index is 0.696. The molecule has 1 saturated carbocycles. The monoisotopic (exact) mass is 281 g/mol. The third-order valence-corrected chi connectivity index (χ3v) is 5.34. The Morgan fingerprint density at radius 2 is 2.26 bits per heavy atom. The maximum absolute atomic E-state index is 4.34. The molecule has 1 heterocycles. The second-order valence-electron chi connectivity index (χ2n) is 6.13. The van der Waals surface area contributed by atoms with Crippen molar-refractivity contribution in [2.24, 2.45) is 11.8 Å². The van der Waals surface area contributed by atoms with Crippen LogP contribution in [-0.4, -0.2) is 36.6 Å². The molecule has 0 amide bonds. The van der Waals surface area contributed by atoms with Crippen molar-refractivity contribution in [3.8, 4) is 0 Å². The SMILES string of the molecule is CNC1CCC(C)CC1CN(C)Cc1scnc1C. The molecule has 0 aliphatic heterocycles. The zero-order valence-corrected chi connectivity index (χ0v) is 13.5. The summed E-state index contributed by atoms with van der Waals surface area (Å²) in [5, 5.41) is 3.51. The van der Waals surface area contributed by atoms with Gasteiger partial charge in [0.2, 0.25) is 0 Å². The van der Waals surface area contributed by atoms with E-state index in [1.807, 2.05) is 5.51 Å². The van der Waals surface area contributed by atoms with E-state index in [0.29, 0.717) is 6.04 Å². The van der Waals surface area contributed by atoms with Crippen molar-refractivity contribution in [3.63, 3.8) is 0 Å². The van der Waals surface area contributed by atoms with Crippen LogP contribution in [0, 0.1) is 18.8 Å². The number of aromatic nitrogens is 1. The van der Waals surface area contributed by atoms with Gasteiger partial charge >= 0.3 is 0 Å². The van der Waals surface area contributed by atoms with Crippen molar-refractivity contribution in [1.82, 2.24) is 15.2 Å². The summed E-state index contributed by atoms with van der Waals surface area (Å²) in [6.45, 7) is 6.73. The molecule has 3 nitrogen and oxygen atoms in total. The number of hydrogen-bond donors (Lipinski definition) is 1. The van der Waals surface area contributed by atoms with Crippen LogP contribution in [0.1, 0.15) is 36.8 Å². The molecule has 4 heteroatoms. The largest absolute Gasteiger partial charge is 0.317 e. The Hall–Kier alpha value is -0.450. The first-order valence-corrected chi connectivity index (χ1v) is 8.23. The molecular weight excluding hydrogens is 254 g/mol. The van der Waals surface area contributed by atoms with Gasteiger partial charge in [-0.25, -0.2) is 4.98 Å². The summed E-state index contributed by atoms with van der Waals surface area (Å²) < 4.78 is 0. The van der Waals surface area contributed by atoms with Crippen molar-refractivity contribution in [1.29, 1.82) is 0 Å². The fraction of sp³-hybridized carbons (Fsp3) is 0.800. The highest BCUT2D eigenvalue weighted by Crippen LogP contribution is 2.29. The maximum Gasteiger partial charge on any atom is 0.0798 e. The van der Waals surface area contributed by atoms with Crippen molar-refractivity contribution < 1.29 is 0 Å². The molecule has 0 aromatic carbocycles. The number of nitrogens with zero attached hydrogens (tertiary/aromatic N) is 2. The Kier molecular flexibility index (Phi) is 5.37. The zero-order valence-electron chi connectivity index (χ0n) is 12.6. The third-order valence-electron chi connectivity index (χ3n) is 4.42. The van der Waals surface area contributed by atoms with Gasteiger partial charge in [0.05, 0.1) is 11.2 Å². The van der Waals surface area contributed by atoms with E-state index in [1.54, 1.807) is 11.3 Å². The van der Waals surface area contributed by atoms with E-state index in [1.165, 1.54) is 36.4 Å². The standard InChI is InChI=1S/C15H27N3S/c1-11-5-6-14(16-3)13(7-11)8-18(4)9-15-12(2)17-10-19-15/h10-11,13-14,16H,5-9H2,1-4H3. The minimum Gasteiger partial charge on any atom is -0.317 e. The van der Waals surface area contributed by atoms with Crippen molar-refractivity contribution in [2.75, 3.05) is 20.6 Å². The third kappa shape index (κ3) is 4.01. The highest BCUT2D eigenvalue weighted by molar-refractivity contribution is 7.09. The zero-order chi connectivity index (χ0) is 13.8. The van der Waals surface area contributed by atoms with Crippen LogP contribution >= 0.6 is 11.3 Å². The number of nitrogens with one attached hydrogen (secondary N) is 1. The Morgan fingerprint density at radius 3 is 2.89 bits per heavy atom. The first-order chi connectivity index (χ1) is 9.10. The van der Waals surface area contributed by atoms with E-state index < -0.39 is 0 Å². The van der Waals surface area contributed by atoms with Gasteiger partial charge in [0.25, 0.3) is 0 Å².